The molecule has 2 aromatic carbocycles. The molecule has 1 N–H and O–H groups in total. The van der Waals surface area contributed by atoms with Crippen LogP contribution in [0.15, 0.2) is 30.3 Å². The van der Waals surface area contributed by atoms with Gasteiger partial charge in [-0.1, -0.05) is 6.92 Å². The van der Waals surface area contributed by atoms with Gasteiger partial charge in [-0.15, -0.1) is 0 Å². The van der Waals surface area contributed by atoms with Crippen molar-refractivity contribution in [2.75, 3.05) is 12.4 Å². The van der Waals surface area contributed by atoms with Gasteiger partial charge in [0.2, 0.25) is 0 Å². The van der Waals surface area contributed by atoms with Crippen LogP contribution in [0, 0.1) is 11.6 Å². The molecule has 0 saturated heterocycles. The first-order valence-electron chi connectivity index (χ1n) is 8.32. The molecule has 1 aromatic heterocycles. The van der Waals surface area contributed by atoms with E-state index < -0.39 is 23.1 Å². The minimum absolute atomic E-state index is 0.00942. The molecule has 0 spiro atoms. The first-order chi connectivity index (χ1) is 12.5. The number of aromatic nitrogens is 2. The molecule has 3 rings (SSSR count). The highest BCUT2D eigenvalue weighted by molar-refractivity contribution is 6.05. The van der Waals surface area contributed by atoms with Gasteiger partial charge in [-0.05, 0) is 25.1 Å². The number of fused-ring (bicyclic) bond motifs is 1. The van der Waals surface area contributed by atoms with Crippen LogP contribution in [0.2, 0.25) is 0 Å². The Labute approximate surface area is 149 Å². The van der Waals surface area contributed by atoms with Crippen molar-refractivity contribution in [2.45, 2.75) is 26.8 Å². The second-order valence-electron chi connectivity index (χ2n) is 5.75. The molecule has 0 radical (unpaired) electrons. The van der Waals surface area contributed by atoms with E-state index in [2.05, 4.69) is 14.9 Å². The molecule has 26 heavy (non-hydrogen) atoms. The van der Waals surface area contributed by atoms with E-state index in [0.29, 0.717) is 5.69 Å². The van der Waals surface area contributed by atoms with E-state index in [0.717, 1.165) is 42.0 Å². The van der Waals surface area contributed by atoms with E-state index >= 15 is 0 Å². The molecule has 0 fully saturated rings. The standard InChI is InChI=1S/C19H19F2N3O2/c1-4-17-23-15-8-11(6-7-16(15)24(17)5-2)22-19(25)18-13(20)9-12(26-3)10-14(18)21/h6-10H,4-5H2,1-3H3,(H,22,25). The van der Waals surface area contributed by atoms with E-state index in [4.69, 9.17) is 4.74 Å². The zero-order valence-electron chi connectivity index (χ0n) is 14.8. The number of hydrogen-bond acceptors (Lipinski definition) is 3. The van der Waals surface area contributed by atoms with E-state index in [1.165, 1.54) is 7.11 Å². The topological polar surface area (TPSA) is 56.1 Å². The predicted molar refractivity (Wildman–Crippen MR) is 95.6 cm³/mol. The predicted octanol–water partition coefficient (Wildman–Crippen LogP) is 4.16. The van der Waals surface area contributed by atoms with Crippen molar-refractivity contribution < 1.29 is 18.3 Å². The summed E-state index contributed by atoms with van der Waals surface area (Å²) in [7, 11) is 1.29. The first kappa shape index (κ1) is 17.8. The molecule has 5 nitrogen and oxygen atoms in total. The quantitative estimate of drug-likeness (QED) is 0.744. The van der Waals surface area contributed by atoms with Crippen LogP contribution in [0.3, 0.4) is 0 Å². The zero-order valence-corrected chi connectivity index (χ0v) is 14.8. The summed E-state index contributed by atoms with van der Waals surface area (Å²) in [6.07, 6.45) is 0.784. The Balaban J connectivity index is 1.93. The summed E-state index contributed by atoms with van der Waals surface area (Å²) in [5.74, 6) is -1.88. The lowest BCUT2D eigenvalue weighted by Crippen LogP contribution is -2.16. The fourth-order valence-electron chi connectivity index (χ4n) is 2.96. The summed E-state index contributed by atoms with van der Waals surface area (Å²) in [5, 5.41) is 2.53. The van der Waals surface area contributed by atoms with Gasteiger partial charge in [-0.3, -0.25) is 4.79 Å². The second kappa shape index (κ2) is 7.11. The molecule has 0 saturated carbocycles. The number of ether oxygens (including phenoxy) is 1. The van der Waals surface area contributed by atoms with Crippen LogP contribution in [0.5, 0.6) is 5.75 Å². The Morgan fingerprint density at radius 1 is 1.19 bits per heavy atom. The van der Waals surface area contributed by atoms with E-state index in [-0.39, 0.29) is 5.75 Å². The van der Waals surface area contributed by atoms with Crippen LogP contribution in [-0.2, 0) is 13.0 Å². The van der Waals surface area contributed by atoms with Crippen LogP contribution in [0.1, 0.15) is 30.0 Å². The number of aryl methyl sites for hydroxylation is 2. The molecule has 0 aliphatic carbocycles. The number of methoxy groups -OCH3 is 1. The fourth-order valence-corrected chi connectivity index (χ4v) is 2.96. The SMILES string of the molecule is CCc1nc2cc(NC(=O)c3c(F)cc(OC)cc3F)ccc2n1CC. The van der Waals surface area contributed by atoms with E-state index in [9.17, 15) is 13.6 Å². The average Bonchev–Trinajstić information content (AvgIpc) is 2.97. The molecule has 7 heteroatoms. The average molecular weight is 359 g/mol. The summed E-state index contributed by atoms with van der Waals surface area (Å²) in [4.78, 5) is 16.9. The van der Waals surface area contributed by atoms with Gasteiger partial charge < -0.3 is 14.6 Å². The Hall–Kier alpha value is -2.96. The molecule has 0 bridgehead atoms. The van der Waals surface area contributed by atoms with Crippen LogP contribution >= 0.6 is 0 Å². The maximum atomic E-state index is 14.1. The van der Waals surface area contributed by atoms with Crippen molar-refractivity contribution in [2.24, 2.45) is 0 Å². The van der Waals surface area contributed by atoms with E-state index in [1.54, 1.807) is 12.1 Å². The van der Waals surface area contributed by atoms with Crippen LogP contribution in [-0.4, -0.2) is 22.6 Å². The van der Waals surface area contributed by atoms with Gasteiger partial charge >= 0.3 is 0 Å². The molecular weight excluding hydrogens is 340 g/mol. The molecule has 0 unspecified atom stereocenters. The van der Waals surface area contributed by atoms with Gasteiger partial charge in [0.25, 0.3) is 5.91 Å². The number of carbonyl (C=O) groups is 1. The molecule has 136 valence electrons. The van der Waals surface area contributed by atoms with Crippen molar-refractivity contribution in [1.82, 2.24) is 9.55 Å². The third kappa shape index (κ3) is 3.12. The van der Waals surface area contributed by atoms with Crippen LogP contribution < -0.4 is 10.1 Å². The summed E-state index contributed by atoms with van der Waals surface area (Å²) >= 11 is 0. The highest BCUT2D eigenvalue weighted by Crippen LogP contribution is 2.24. The molecule has 1 amide bonds. The second-order valence-corrected chi connectivity index (χ2v) is 5.75. The number of anilines is 1. The maximum Gasteiger partial charge on any atom is 0.261 e. The normalized spacial score (nSPS) is 11.0. The van der Waals surface area contributed by atoms with Crippen molar-refractivity contribution in [1.29, 1.82) is 0 Å². The smallest absolute Gasteiger partial charge is 0.261 e. The van der Waals surface area contributed by atoms with Gasteiger partial charge in [0, 0.05) is 30.8 Å². The van der Waals surface area contributed by atoms with Crippen molar-refractivity contribution in [3.8, 4) is 5.75 Å². The first-order valence-corrected chi connectivity index (χ1v) is 8.32. The van der Waals surface area contributed by atoms with Gasteiger partial charge in [0.05, 0.1) is 18.1 Å². The number of hydrogen-bond donors (Lipinski definition) is 1. The maximum absolute atomic E-state index is 14.1. The molecular formula is C19H19F2N3O2. The Kier molecular flexibility index (Phi) is 4.88. The monoisotopic (exact) mass is 359 g/mol. The summed E-state index contributed by atoms with van der Waals surface area (Å²) in [5.41, 5.74) is 1.43. The van der Waals surface area contributed by atoms with Gasteiger partial charge in [0.1, 0.15) is 28.8 Å². The molecule has 0 aliphatic rings. The third-order valence-electron chi connectivity index (χ3n) is 4.20. The number of carbonyl (C=O) groups excluding carboxylic acids is 1. The Morgan fingerprint density at radius 3 is 2.46 bits per heavy atom. The Bertz CT molecular complexity index is 959. The molecule has 0 aliphatic heterocycles. The highest BCUT2D eigenvalue weighted by Gasteiger charge is 2.20. The van der Waals surface area contributed by atoms with Gasteiger partial charge in [-0.25, -0.2) is 13.8 Å². The van der Waals surface area contributed by atoms with Gasteiger partial charge in [0.15, 0.2) is 0 Å². The largest absolute Gasteiger partial charge is 0.497 e. The number of amides is 1. The number of halogens is 2. The number of imidazole rings is 1. The van der Waals surface area contributed by atoms with E-state index in [1.807, 2.05) is 19.9 Å². The Morgan fingerprint density at radius 2 is 1.88 bits per heavy atom. The van der Waals surface area contributed by atoms with Crippen molar-refractivity contribution in [3.63, 3.8) is 0 Å². The minimum Gasteiger partial charge on any atom is -0.497 e. The number of benzene rings is 2. The van der Waals surface area contributed by atoms with Crippen LogP contribution in [0.25, 0.3) is 11.0 Å². The van der Waals surface area contributed by atoms with Crippen molar-refractivity contribution >= 4 is 22.6 Å². The molecule has 3 aromatic rings. The van der Waals surface area contributed by atoms with Gasteiger partial charge in [-0.2, -0.15) is 0 Å². The molecule has 0 atom stereocenters. The number of nitrogens with one attached hydrogen (secondary N) is 1. The lowest BCUT2D eigenvalue weighted by molar-refractivity contribution is 0.101. The molecule has 1 heterocycles. The van der Waals surface area contributed by atoms with Crippen LogP contribution in [0.4, 0.5) is 14.5 Å². The summed E-state index contributed by atoms with van der Waals surface area (Å²) in [6.45, 7) is 4.84. The third-order valence-corrected chi connectivity index (χ3v) is 4.20. The lowest BCUT2D eigenvalue weighted by atomic mass is 10.1. The fraction of sp³-hybridized carbons (Fsp3) is 0.263. The highest BCUT2D eigenvalue weighted by atomic mass is 19.1. The number of rotatable bonds is 5. The summed E-state index contributed by atoms with van der Waals surface area (Å²) < 4.78 is 35.0. The summed E-state index contributed by atoms with van der Waals surface area (Å²) in [6, 6.07) is 7.15. The van der Waals surface area contributed by atoms with Crippen molar-refractivity contribution in [3.05, 3.63) is 53.4 Å². The lowest BCUT2D eigenvalue weighted by Gasteiger charge is -2.09. The minimum atomic E-state index is -0.982. The number of nitrogens with zero attached hydrogens (tertiary/aromatic N) is 2. The zero-order chi connectivity index (χ0) is 18.8.